The highest BCUT2D eigenvalue weighted by Gasteiger charge is 2.43. The van der Waals surface area contributed by atoms with Crippen molar-refractivity contribution in [3.8, 4) is 0 Å². The molecular weight excluding hydrogens is 407 g/mol. The number of benzene rings is 1. The molecule has 1 aliphatic rings. The molecule has 2 rings (SSSR count). The standard InChI is InChI=1S/C20H26F3NO4S/c1-18(2,3)28-17(26)24-12-14(9-10-16(24)25)19(4,5)29(27)15-8-6-7-13(11-15)20(21,22)23/h6-8,11,14H,9-10,12H2,1-5H3. The van der Waals surface area contributed by atoms with E-state index >= 15 is 0 Å². The van der Waals surface area contributed by atoms with Gasteiger partial charge in [0.1, 0.15) is 5.60 Å². The van der Waals surface area contributed by atoms with E-state index in [4.69, 9.17) is 4.74 Å². The summed E-state index contributed by atoms with van der Waals surface area (Å²) in [6, 6.07) is 4.44. The lowest BCUT2D eigenvalue weighted by atomic mass is 9.87. The minimum atomic E-state index is -4.53. The smallest absolute Gasteiger partial charge is 0.417 e. The quantitative estimate of drug-likeness (QED) is 0.689. The van der Waals surface area contributed by atoms with Gasteiger partial charge in [-0.25, -0.2) is 9.69 Å². The molecule has 0 bridgehead atoms. The number of carbonyl (C=O) groups is 2. The molecule has 1 aromatic rings. The number of ether oxygens (including phenoxy) is 1. The fraction of sp³-hybridized carbons (Fsp3) is 0.600. The van der Waals surface area contributed by atoms with Crippen molar-refractivity contribution in [1.82, 2.24) is 4.90 Å². The highest BCUT2D eigenvalue weighted by atomic mass is 32.2. The summed E-state index contributed by atoms with van der Waals surface area (Å²) in [6.45, 7) is 8.41. The molecule has 1 heterocycles. The van der Waals surface area contributed by atoms with Crippen molar-refractivity contribution in [2.24, 2.45) is 5.92 Å². The molecule has 0 aliphatic carbocycles. The molecule has 1 saturated heterocycles. The van der Waals surface area contributed by atoms with Crippen LogP contribution in [0.5, 0.6) is 0 Å². The van der Waals surface area contributed by atoms with Gasteiger partial charge in [0.15, 0.2) is 0 Å². The van der Waals surface area contributed by atoms with Gasteiger partial charge in [-0.3, -0.25) is 9.00 Å². The molecule has 1 aliphatic heterocycles. The fourth-order valence-electron chi connectivity index (χ4n) is 3.15. The fourth-order valence-corrected chi connectivity index (χ4v) is 4.69. The second kappa shape index (κ2) is 8.08. The average Bonchev–Trinajstić information content (AvgIpc) is 2.59. The Bertz CT molecular complexity index is 815. The molecule has 5 nitrogen and oxygen atoms in total. The zero-order chi connectivity index (χ0) is 22.2. The Kier molecular flexibility index (Phi) is 6.52. The molecule has 1 aromatic carbocycles. The molecule has 2 amide bonds. The van der Waals surface area contributed by atoms with Crippen LogP contribution in [0.4, 0.5) is 18.0 Å². The predicted molar refractivity (Wildman–Crippen MR) is 103 cm³/mol. The zero-order valence-electron chi connectivity index (χ0n) is 17.1. The van der Waals surface area contributed by atoms with Crippen molar-refractivity contribution in [3.05, 3.63) is 29.8 Å². The van der Waals surface area contributed by atoms with Gasteiger partial charge in [-0.05, 0) is 65.2 Å². The maximum atomic E-state index is 13.2. The Morgan fingerprint density at radius 2 is 1.79 bits per heavy atom. The zero-order valence-corrected chi connectivity index (χ0v) is 17.9. The third-order valence-electron chi connectivity index (χ3n) is 4.86. The largest absolute Gasteiger partial charge is 0.443 e. The molecule has 0 N–H and O–H groups in total. The number of hydrogen-bond acceptors (Lipinski definition) is 4. The van der Waals surface area contributed by atoms with Gasteiger partial charge in [-0.15, -0.1) is 0 Å². The molecule has 2 unspecified atom stereocenters. The van der Waals surface area contributed by atoms with E-state index < -0.39 is 39.0 Å². The van der Waals surface area contributed by atoms with Crippen LogP contribution in [0.3, 0.4) is 0 Å². The lowest BCUT2D eigenvalue weighted by molar-refractivity contribution is -0.138. The first kappa shape index (κ1) is 23.4. The van der Waals surface area contributed by atoms with Gasteiger partial charge in [-0.1, -0.05) is 6.07 Å². The molecule has 1 fully saturated rings. The molecule has 162 valence electrons. The van der Waals surface area contributed by atoms with E-state index in [1.165, 1.54) is 12.1 Å². The van der Waals surface area contributed by atoms with Crippen LogP contribution in [0.25, 0.3) is 0 Å². The number of halogens is 3. The van der Waals surface area contributed by atoms with Crippen molar-refractivity contribution < 1.29 is 31.7 Å². The van der Waals surface area contributed by atoms with Crippen LogP contribution >= 0.6 is 0 Å². The van der Waals surface area contributed by atoms with Crippen molar-refractivity contribution in [3.63, 3.8) is 0 Å². The van der Waals surface area contributed by atoms with Gasteiger partial charge < -0.3 is 4.74 Å². The van der Waals surface area contributed by atoms with Crippen molar-refractivity contribution in [2.45, 2.75) is 68.9 Å². The second-order valence-corrected chi connectivity index (χ2v) is 10.7. The Morgan fingerprint density at radius 1 is 1.17 bits per heavy atom. The van der Waals surface area contributed by atoms with E-state index in [0.717, 1.165) is 17.0 Å². The Morgan fingerprint density at radius 3 is 2.34 bits per heavy atom. The van der Waals surface area contributed by atoms with E-state index in [2.05, 4.69) is 0 Å². The normalized spacial score (nSPS) is 19.8. The maximum absolute atomic E-state index is 13.2. The summed E-state index contributed by atoms with van der Waals surface area (Å²) >= 11 is 0. The first-order valence-corrected chi connectivity index (χ1v) is 10.4. The number of imide groups is 1. The van der Waals surface area contributed by atoms with E-state index in [1.54, 1.807) is 34.6 Å². The molecule has 29 heavy (non-hydrogen) atoms. The number of piperidine rings is 1. The van der Waals surface area contributed by atoms with Crippen LogP contribution in [0, 0.1) is 5.92 Å². The molecule has 0 aromatic heterocycles. The summed E-state index contributed by atoms with van der Waals surface area (Å²) in [5.74, 6) is -0.737. The van der Waals surface area contributed by atoms with Gasteiger partial charge in [0, 0.05) is 22.6 Å². The van der Waals surface area contributed by atoms with Crippen molar-refractivity contribution in [1.29, 1.82) is 0 Å². The number of alkyl halides is 3. The van der Waals surface area contributed by atoms with Gasteiger partial charge >= 0.3 is 12.3 Å². The van der Waals surface area contributed by atoms with Gasteiger partial charge in [0.2, 0.25) is 5.91 Å². The van der Waals surface area contributed by atoms with Gasteiger partial charge in [0.05, 0.1) is 16.4 Å². The van der Waals surface area contributed by atoms with Crippen LogP contribution in [0.1, 0.15) is 53.0 Å². The van der Waals surface area contributed by atoms with Gasteiger partial charge in [0.25, 0.3) is 0 Å². The van der Waals surface area contributed by atoms with Crippen LogP contribution < -0.4 is 0 Å². The minimum Gasteiger partial charge on any atom is -0.443 e. The third-order valence-corrected chi connectivity index (χ3v) is 6.83. The van der Waals surface area contributed by atoms with Crippen LogP contribution in [-0.2, 0) is 26.5 Å². The summed E-state index contributed by atoms with van der Waals surface area (Å²) < 4.78 is 56.5. The number of likely N-dealkylation sites (tertiary alicyclic amines) is 1. The lowest BCUT2D eigenvalue weighted by Gasteiger charge is -2.40. The number of amides is 2. The highest BCUT2D eigenvalue weighted by Crippen LogP contribution is 2.37. The summed E-state index contributed by atoms with van der Waals surface area (Å²) in [5, 5.41) is 0. The number of hydrogen-bond donors (Lipinski definition) is 0. The highest BCUT2D eigenvalue weighted by molar-refractivity contribution is 7.86. The molecule has 2 atom stereocenters. The Balaban J connectivity index is 2.25. The number of nitrogens with zero attached hydrogens (tertiary/aromatic N) is 1. The van der Waals surface area contributed by atoms with Crippen molar-refractivity contribution in [2.75, 3.05) is 6.54 Å². The first-order valence-electron chi connectivity index (χ1n) is 9.25. The van der Waals surface area contributed by atoms with E-state index in [0.29, 0.717) is 6.42 Å². The average molecular weight is 433 g/mol. The van der Waals surface area contributed by atoms with Crippen LogP contribution in [0.15, 0.2) is 29.2 Å². The van der Waals surface area contributed by atoms with E-state index in [-0.39, 0.29) is 29.7 Å². The van der Waals surface area contributed by atoms with Crippen molar-refractivity contribution >= 4 is 22.8 Å². The van der Waals surface area contributed by atoms with E-state index in [1.807, 2.05) is 0 Å². The SMILES string of the molecule is CC(C)(C)OC(=O)N1CC(C(C)(C)S(=O)c2cccc(C(F)(F)F)c2)CCC1=O. The Hall–Kier alpha value is -1.90. The molecule has 0 radical (unpaired) electrons. The molecule has 0 spiro atoms. The third kappa shape index (κ3) is 5.58. The number of rotatable bonds is 3. The lowest BCUT2D eigenvalue weighted by Crippen LogP contribution is -2.52. The van der Waals surface area contributed by atoms with E-state index in [9.17, 15) is 27.0 Å². The van der Waals surface area contributed by atoms with Gasteiger partial charge in [-0.2, -0.15) is 13.2 Å². The predicted octanol–water partition coefficient (Wildman–Crippen LogP) is 4.77. The maximum Gasteiger partial charge on any atom is 0.417 e. The van der Waals surface area contributed by atoms with Crippen LogP contribution in [0.2, 0.25) is 0 Å². The first-order chi connectivity index (χ1) is 13.1. The summed E-state index contributed by atoms with van der Waals surface area (Å²) in [7, 11) is -1.78. The second-order valence-electron chi connectivity index (χ2n) is 8.62. The monoisotopic (exact) mass is 433 g/mol. The van der Waals surface area contributed by atoms with Crippen LogP contribution in [-0.4, -0.2) is 38.0 Å². The minimum absolute atomic E-state index is 0.00540. The Labute approximate surface area is 171 Å². The summed E-state index contributed by atoms with van der Waals surface area (Å²) in [5.41, 5.74) is -1.64. The molecule has 9 heteroatoms. The summed E-state index contributed by atoms with van der Waals surface area (Å²) in [4.78, 5) is 25.7. The molecule has 0 saturated carbocycles. The number of carbonyl (C=O) groups excluding carboxylic acids is 2. The molecular formula is C20H26F3NO4S. The summed E-state index contributed by atoms with van der Waals surface area (Å²) in [6.07, 6.45) is -4.84. The topological polar surface area (TPSA) is 63.7 Å².